The lowest BCUT2D eigenvalue weighted by Gasteiger charge is -2.41. The van der Waals surface area contributed by atoms with E-state index in [1.54, 1.807) is 43.1 Å². The molecule has 1 amide bonds. The van der Waals surface area contributed by atoms with Crippen LogP contribution in [0.15, 0.2) is 161 Å². The number of amides is 1. The molecule has 0 saturated carbocycles. The van der Waals surface area contributed by atoms with E-state index in [4.69, 9.17) is 14.2 Å². The van der Waals surface area contributed by atoms with Gasteiger partial charge in [0.2, 0.25) is 15.9 Å². The number of aryl methyl sites for hydroxylation is 1. The predicted molar refractivity (Wildman–Crippen MR) is 236 cm³/mol. The van der Waals surface area contributed by atoms with Crippen LogP contribution in [0.5, 0.6) is 5.75 Å². The zero-order chi connectivity index (χ0) is 42.1. The zero-order valence-corrected chi connectivity index (χ0v) is 35.5. The van der Waals surface area contributed by atoms with E-state index >= 15 is 0 Å². The first kappa shape index (κ1) is 42.8. The number of carbonyl (C=O) groups excluding carboxylic acids is 1. The van der Waals surface area contributed by atoms with Crippen LogP contribution in [0.2, 0.25) is 0 Å². The van der Waals surface area contributed by atoms with Crippen molar-refractivity contribution in [2.24, 2.45) is 5.92 Å². The highest BCUT2D eigenvalue weighted by Gasteiger charge is 2.38. The molecule has 0 aliphatic carbocycles. The Balaban J connectivity index is 1.05. The van der Waals surface area contributed by atoms with E-state index in [9.17, 15) is 18.3 Å². The van der Waals surface area contributed by atoms with E-state index in [2.05, 4.69) is 23.0 Å². The van der Waals surface area contributed by atoms with Crippen LogP contribution < -0.4 is 14.8 Å². The van der Waals surface area contributed by atoms with E-state index in [1.165, 1.54) is 0 Å². The molecule has 1 aliphatic rings. The van der Waals surface area contributed by atoms with Gasteiger partial charge in [0, 0.05) is 28.7 Å². The number of thioether (sulfide) groups is 1. The van der Waals surface area contributed by atoms with Crippen LogP contribution in [-0.4, -0.2) is 44.4 Å². The molecule has 0 bridgehead atoms. The molecule has 6 aromatic rings. The van der Waals surface area contributed by atoms with E-state index in [0.29, 0.717) is 5.75 Å². The highest BCUT2D eigenvalue weighted by molar-refractivity contribution is 7.99. The number of aliphatic hydroxyl groups excluding tert-OH is 1. The van der Waals surface area contributed by atoms with Gasteiger partial charge in [-0.15, -0.1) is 11.8 Å². The van der Waals surface area contributed by atoms with Gasteiger partial charge in [0.15, 0.2) is 6.29 Å². The maximum Gasteiger partial charge on any atom is 0.241 e. The fraction of sp³-hybridized carbons (Fsp3) is 0.245. The molecule has 1 aliphatic heterocycles. The summed E-state index contributed by atoms with van der Waals surface area (Å²) in [5.74, 6) is 1.13. The second-order valence-electron chi connectivity index (χ2n) is 15.0. The Hall–Kier alpha value is -5.27. The Labute approximate surface area is 357 Å². The maximum absolute atomic E-state index is 13.7. The number of hydrogen-bond acceptors (Lipinski definition) is 8. The number of nitrogens with one attached hydrogen (secondary N) is 2. The van der Waals surface area contributed by atoms with Crippen molar-refractivity contribution in [1.82, 2.24) is 10.0 Å². The molecule has 60 heavy (non-hydrogen) atoms. The number of benzene rings is 6. The molecule has 0 spiro atoms. The van der Waals surface area contributed by atoms with Gasteiger partial charge in [-0.2, -0.15) is 4.72 Å². The number of sulfonamides is 1. The minimum absolute atomic E-state index is 0.0245. The monoisotopic (exact) mass is 842 g/mol. The van der Waals surface area contributed by atoms with Crippen LogP contribution in [0.3, 0.4) is 0 Å². The number of ether oxygens (including phenoxy) is 3. The molecule has 310 valence electrons. The average Bonchev–Trinajstić information content (AvgIpc) is 3.28. The summed E-state index contributed by atoms with van der Waals surface area (Å²) in [6.07, 6.45) is -0.806. The quantitative estimate of drug-likeness (QED) is 0.0826. The summed E-state index contributed by atoms with van der Waals surface area (Å²) in [6.45, 7) is 4.22. The van der Waals surface area contributed by atoms with Crippen LogP contribution in [0.25, 0.3) is 11.1 Å². The Morgan fingerprint density at radius 2 is 1.45 bits per heavy atom. The van der Waals surface area contributed by atoms with Crippen LogP contribution in [0, 0.1) is 12.8 Å². The fourth-order valence-electron chi connectivity index (χ4n) is 7.24. The lowest BCUT2D eigenvalue weighted by Crippen LogP contribution is -2.47. The molecule has 6 aromatic carbocycles. The van der Waals surface area contributed by atoms with Crippen LogP contribution >= 0.6 is 11.8 Å². The summed E-state index contributed by atoms with van der Waals surface area (Å²) in [7, 11) is -2.29. The van der Waals surface area contributed by atoms with Gasteiger partial charge in [0.1, 0.15) is 11.8 Å². The molecule has 11 heteroatoms. The minimum atomic E-state index is -3.96. The van der Waals surface area contributed by atoms with Gasteiger partial charge in [-0.25, -0.2) is 8.42 Å². The van der Waals surface area contributed by atoms with Gasteiger partial charge in [0.05, 0.1) is 30.8 Å². The summed E-state index contributed by atoms with van der Waals surface area (Å²) in [5, 5.41) is 12.6. The number of para-hydroxylation sites is 1. The summed E-state index contributed by atoms with van der Waals surface area (Å²) < 4.78 is 48.4. The molecule has 5 atom stereocenters. The molecule has 5 unspecified atom stereocenters. The smallest absolute Gasteiger partial charge is 0.241 e. The van der Waals surface area contributed by atoms with Crippen LogP contribution in [-0.2, 0) is 43.9 Å². The molecule has 1 saturated heterocycles. The molecule has 9 nitrogen and oxygen atoms in total. The molecule has 0 aromatic heterocycles. The van der Waals surface area contributed by atoms with Gasteiger partial charge in [-0.3, -0.25) is 4.79 Å². The van der Waals surface area contributed by atoms with Crippen molar-refractivity contribution in [3.05, 3.63) is 185 Å². The first-order chi connectivity index (χ1) is 29.1. The largest absolute Gasteiger partial charge is 0.496 e. The van der Waals surface area contributed by atoms with Crippen molar-refractivity contribution < 1.29 is 32.5 Å². The number of hydrogen-bond donors (Lipinski definition) is 3. The average molecular weight is 843 g/mol. The summed E-state index contributed by atoms with van der Waals surface area (Å²) >= 11 is 1.70. The van der Waals surface area contributed by atoms with Crippen LogP contribution in [0.4, 0.5) is 0 Å². The van der Waals surface area contributed by atoms with Crippen molar-refractivity contribution >= 4 is 27.7 Å². The lowest BCUT2D eigenvalue weighted by molar-refractivity contribution is -0.268. The minimum Gasteiger partial charge on any atom is -0.496 e. The third-order valence-corrected chi connectivity index (χ3v) is 13.4. The molecule has 7 rings (SSSR count). The number of carbonyl (C=O) groups is 1. The molecule has 0 radical (unpaired) electrons. The number of methoxy groups -OCH3 is 1. The van der Waals surface area contributed by atoms with E-state index in [-0.39, 0.29) is 42.6 Å². The SMILES string of the molecule is COc1ccccc1SCC1OC(c2ccc(-c3cccc(CNC(=O)C(Cc4ccccc4)NS(=O)(=O)c4ccc(C)cc4)c3)cc2)OC(c2ccc(CO)cc2)C1C. The summed E-state index contributed by atoms with van der Waals surface area (Å²) in [5.41, 5.74) is 7.32. The van der Waals surface area contributed by atoms with E-state index in [0.717, 1.165) is 55.2 Å². The standard InChI is InChI=1S/C49H50N2O7S2/c1-33-16-26-42(27-17-33)60(54,55)51-43(29-35-10-5-4-6-11-35)48(53)50-30-37-12-9-13-41(28-37)38-22-24-40(25-23-38)49-57-45(32-59-46-15-8-7-14-44(46)56-3)34(2)47(58-49)39-20-18-36(31-52)19-21-39/h4-28,34,43,45,47,49,51-52H,29-32H2,1-3H3,(H,50,53). The zero-order valence-electron chi connectivity index (χ0n) is 33.9. The van der Waals surface area contributed by atoms with Gasteiger partial charge in [-0.05, 0) is 77.1 Å². The highest BCUT2D eigenvalue weighted by atomic mass is 32.2. The van der Waals surface area contributed by atoms with E-state index < -0.39 is 28.3 Å². The van der Waals surface area contributed by atoms with Gasteiger partial charge < -0.3 is 24.6 Å². The fourth-order valence-corrected chi connectivity index (χ4v) is 9.63. The maximum atomic E-state index is 13.7. The van der Waals surface area contributed by atoms with Gasteiger partial charge in [-0.1, -0.05) is 134 Å². The Bertz CT molecular complexity index is 2450. The van der Waals surface area contributed by atoms with Crippen LogP contribution in [0.1, 0.15) is 52.7 Å². The van der Waals surface area contributed by atoms with Crippen molar-refractivity contribution in [2.75, 3.05) is 12.9 Å². The summed E-state index contributed by atoms with van der Waals surface area (Å²) in [4.78, 5) is 14.8. The third-order valence-electron chi connectivity index (χ3n) is 10.7. The Morgan fingerprint density at radius 1 is 0.767 bits per heavy atom. The number of aliphatic hydroxyl groups is 1. The molecular formula is C49H50N2O7S2. The van der Waals surface area contributed by atoms with Gasteiger partial charge >= 0.3 is 0 Å². The lowest BCUT2D eigenvalue weighted by atomic mass is 9.91. The predicted octanol–water partition coefficient (Wildman–Crippen LogP) is 8.95. The van der Waals surface area contributed by atoms with Crippen molar-refractivity contribution in [2.45, 2.75) is 67.8 Å². The Kier molecular flexibility index (Phi) is 14.2. The second-order valence-corrected chi connectivity index (χ2v) is 17.8. The first-order valence-corrected chi connectivity index (χ1v) is 22.4. The van der Waals surface area contributed by atoms with Crippen molar-refractivity contribution in [3.8, 4) is 16.9 Å². The topological polar surface area (TPSA) is 123 Å². The molecule has 1 heterocycles. The third kappa shape index (κ3) is 10.7. The highest BCUT2D eigenvalue weighted by Crippen LogP contribution is 2.44. The van der Waals surface area contributed by atoms with E-state index in [1.807, 2.05) is 128 Å². The molecule has 1 fully saturated rings. The second kappa shape index (κ2) is 19.9. The van der Waals surface area contributed by atoms with Crippen molar-refractivity contribution in [3.63, 3.8) is 0 Å². The summed E-state index contributed by atoms with van der Waals surface area (Å²) in [6, 6.07) is 46.8. The normalized spacial score (nSPS) is 18.4. The Morgan fingerprint density at radius 3 is 2.17 bits per heavy atom. The number of rotatable bonds is 16. The molecule has 3 N–H and O–H groups in total. The van der Waals surface area contributed by atoms with Crippen molar-refractivity contribution in [1.29, 1.82) is 0 Å². The molecular weight excluding hydrogens is 793 g/mol. The van der Waals surface area contributed by atoms with Gasteiger partial charge in [0.25, 0.3) is 0 Å². The first-order valence-electron chi connectivity index (χ1n) is 20.0.